The van der Waals surface area contributed by atoms with Crippen LogP contribution in [0.25, 0.3) is 0 Å². The van der Waals surface area contributed by atoms with Crippen LogP contribution in [0.15, 0.2) is 33.9 Å². The minimum absolute atomic E-state index is 0.0173. The molecule has 0 radical (unpaired) electrons. The van der Waals surface area contributed by atoms with Crippen LogP contribution in [0.5, 0.6) is 0 Å². The summed E-state index contributed by atoms with van der Waals surface area (Å²) in [5.74, 6) is -1.63. The molecule has 0 aliphatic heterocycles. The Bertz CT molecular complexity index is 532. The standard InChI is InChI=1S/C11H9F2NOS2/c12-9-3-8(14)4-10(13)11(9)17(15)6-7-1-2-16-5-7/h1-5H,6,14H2. The smallest absolute Gasteiger partial charge is 0.144 e. The molecule has 0 bridgehead atoms. The Morgan fingerprint density at radius 2 is 1.94 bits per heavy atom. The molecule has 1 atom stereocenters. The van der Waals surface area contributed by atoms with Gasteiger partial charge in [0.05, 0.1) is 16.6 Å². The van der Waals surface area contributed by atoms with E-state index in [0.29, 0.717) is 0 Å². The Hall–Kier alpha value is -1.27. The lowest BCUT2D eigenvalue weighted by molar-refractivity contribution is 0.535. The van der Waals surface area contributed by atoms with Gasteiger partial charge in [-0.2, -0.15) is 11.3 Å². The van der Waals surface area contributed by atoms with E-state index in [-0.39, 0.29) is 11.4 Å². The summed E-state index contributed by atoms with van der Waals surface area (Å²) < 4.78 is 38.8. The highest BCUT2D eigenvalue weighted by molar-refractivity contribution is 7.84. The van der Waals surface area contributed by atoms with Gasteiger partial charge in [0.15, 0.2) is 0 Å². The Morgan fingerprint density at radius 3 is 2.47 bits per heavy atom. The van der Waals surface area contributed by atoms with E-state index in [1.807, 2.05) is 5.38 Å². The van der Waals surface area contributed by atoms with Gasteiger partial charge in [-0.25, -0.2) is 8.78 Å². The normalized spacial score (nSPS) is 12.6. The summed E-state index contributed by atoms with van der Waals surface area (Å²) in [7, 11) is -1.74. The van der Waals surface area contributed by atoms with Crippen LogP contribution >= 0.6 is 11.3 Å². The number of rotatable bonds is 3. The van der Waals surface area contributed by atoms with E-state index in [4.69, 9.17) is 5.73 Å². The molecule has 1 heterocycles. The Balaban J connectivity index is 2.31. The lowest BCUT2D eigenvalue weighted by Crippen LogP contribution is -2.03. The first-order chi connectivity index (χ1) is 8.08. The minimum atomic E-state index is -1.74. The highest BCUT2D eigenvalue weighted by Gasteiger charge is 2.17. The summed E-state index contributed by atoms with van der Waals surface area (Å²) in [5, 5.41) is 3.62. The van der Waals surface area contributed by atoms with Gasteiger partial charge in [0, 0.05) is 5.69 Å². The molecule has 1 aromatic carbocycles. The number of nitrogens with two attached hydrogens (primary N) is 1. The second kappa shape index (κ2) is 4.93. The lowest BCUT2D eigenvalue weighted by Gasteiger charge is -2.05. The summed E-state index contributed by atoms with van der Waals surface area (Å²) in [6, 6.07) is 3.73. The molecule has 0 aliphatic rings. The molecular formula is C11H9F2NOS2. The molecule has 0 aliphatic carbocycles. The average Bonchev–Trinajstić information content (AvgIpc) is 2.68. The number of anilines is 1. The van der Waals surface area contributed by atoms with Crippen molar-refractivity contribution in [2.24, 2.45) is 0 Å². The summed E-state index contributed by atoms with van der Waals surface area (Å²) in [4.78, 5) is -0.412. The largest absolute Gasteiger partial charge is 0.399 e. The number of benzene rings is 1. The predicted octanol–water partition coefficient (Wildman–Crippen LogP) is 2.92. The maximum atomic E-state index is 13.5. The zero-order chi connectivity index (χ0) is 12.4. The van der Waals surface area contributed by atoms with Crippen LogP contribution in [-0.4, -0.2) is 4.21 Å². The first-order valence-corrected chi connectivity index (χ1v) is 6.98. The topological polar surface area (TPSA) is 43.1 Å². The third kappa shape index (κ3) is 2.70. The van der Waals surface area contributed by atoms with Crippen molar-refractivity contribution in [1.82, 2.24) is 0 Å². The monoisotopic (exact) mass is 273 g/mol. The van der Waals surface area contributed by atoms with Gasteiger partial charge in [0.2, 0.25) is 0 Å². The van der Waals surface area contributed by atoms with Gasteiger partial charge >= 0.3 is 0 Å². The molecule has 1 aromatic heterocycles. The van der Waals surface area contributed by atoms with E-state index in [9.17, 15) is 13.0 Å². The summed E-state index contributed by atoms with van der Waals surface area (Å²) >= 11 is 1.45. The fourth-order valence-corrected chi connectivity index (χ4v) is 3.35. The summed E-state index contributed by atoms with van der Waals surface area (Å²) in [6.07, 6.45) is 0. The van der Waals surface area contributed by atoms with Crippen LogP contribution in [0, 0.1) is 11.6 Å². The minimum Gasteiger partial charge on any atom is -0.399 e. The van der Waals surface area contributed by atoms with Crippen LogP contribution in [0.2, 0.25) is 0 Å². The Labute approximate surface area is 104 Å². The van der Waals surface area contributed by atoms with Gasteiger partial charge in [0.25, 0.3) is 0 Å². The molecule has 2 N–H and O–H groups in total. The highest BCUT2D eigenvalue weighted by atomic mass is 32.2. The molecule has 17 heavy (non-hydrogen) atoms. The van der Waals surface area contributed by atoms with Crippen molar-refractivity contribution >= 4 is 27.8 Å². The third-order valence-corrected chi connectivity index (χ3v) is 4.30. The fraction of sp³-hybridized carbons (Fsp3) is 0.0909. The van der Waals surface area contributed by atoms with E-state index in [1.54, 1.807) is 11.4 Å². The van der Waals surface area contributed by atoms with E-state index >= 15 is 0 Å². The number of hydrogen-bond acceptors (Lipinski definition) is 3. The van der Waals surface area contributed by atoms with Crippen molar-refractivity contribution in [3.8, 4) is 0 Å². The average molecular weight is 273 g/mol. The van der Waals surface area contributed by atoms with Gasteiger partial charge in [-0.15, -0.1) is 0 Å². The van der Waals surface area contributed by atoms with Crippen molar-refractivity contribution in [1.29, 1.82) is 0 Å². The molecule has 0 spiro atoms. The highest BCUT2D eigenvalue weighted by Crippen LogP contribution is 2.22. The first kappa shape index (κ1) is 12.2. The van der Waals surface area contributed by atoms with E-state index < -0.39 is 27.3 Å². The molecule has 0 amide bonds. The van der Waals surface area contributed by atoms with Crippen LogP contribution in [-0.2, 0) is 16.6 Å². The van der Waals surface area contributed by atoms with Crippen LogP contribution in [0.4, 0.5) is 14.5 Å². The van der Waals surface area contributed by atoms with Gasteiger partial charge in [-0.1, -0.05) is 0 Å². The van der Waals surface area contributed by atoms with Crippen LogP contribution in [0.1, 0.15) is 5.56 Å². The van der Waals surface area contributed by atoms with E-state index in [0.717, 1.165) is 17.7 Å². The Morgan fingerprint density at radius 1 is 1.29 bits per heavy atom. The molecule has 2 aromatic rings. The predicted molar refractivity (Wildman–Crippen MR) is 65.2 cm³/mol. The molecule has 0 saturated carbocycles. The van der Waals surface area contributed by atoms with Gasteiger partial charge in [-0.3, -0.25) is 4.21 Å². The number of thiophene rings is 1. The zero-order valence-electron chi connectivity index (χ0n) is 8.65. The SMILES string of the molecule is Nc1cc(F)c(S(=O)Cc2ccsc2)c(F)c1. The number of hydrogen-bond donors (Lipinski definition) is 1. The number of halogens is 2. The second-order valence-corrected chi connectivity index (χ2v) is 5.60. The third-order valence-electron chi connectivity index (χ3n) is 2.13. The Kier molecular flexibility index (Phi) is 3.54. The molecule has 6 heteroatoms. The molecule has 0 fully saturated rings. The van der Waals surface area contributed by atoms with Crippen molar-refractivity contribution in [2.45, 2.75) is 10.6 Å². The quantitative estimate of drug-likeness (QED) is 0.874. The van der Waals surface area contributed by atoms with Crippen molar-refractivity contribution in [3.05, 3.63) is 46.2 Å². The van der Waals surface area contributed by atoms with Crippen molar-refractivity contribution < 1.29 is 13.0 Å². The summed E-state index contributed by atoms with van der Waals surface area (Å²) in [6.45, 7) is 0. The number of nitrogen functional groups attached to an aromatic ring is 1. The van der Waals surface area contributed by atoms with Gasteiger partial charge < -0.3 is 5.73 Å². The van der Waals surface area contributed by atoms with Crippen LogP contribution in [0.3, 0.4) is 0 Å². The molecular weight excluding hydrogens is 264 g/mol. The van der Waals surface area contributed by atoms with Crippen LogP contribution < -0.4 is 5.73 Å². The first-order valence-electron chi connectivity index (χ1n) is 4.72. The molecule has 0 saturated heterocycles. The van der Waals surface area contributed by atoms with Crippen molar-refractivity contribution in [3.63, 3.8) is 0 Å². The fourth-order valence-electron chi connectivity index (χ4n) is 1.40. The molecule has 2 rings (SSSR count). The molecule has 90 valence electrons. The van der Waals surface area contributed by atoms with Gasteiger partial charge in [-0.05, 0) is 34.5 Å². The maximum absolute atomic E-state index is 13.5. The zero-order valence-corrected chi connectivity index (χ0v) is 10.3. The van der Waals surface area contributed by atoms with Gasteiger partial charge in [0.1, 0.15) is 16.5 Å². The van der Waals surface area contributed by atoms with Crippen molar-refractivity contribution in [2.75, 3.05) is 5.73 Å². The van der Waals surface area contributed by atoms with E-state index in [2.05, 4.69) is 0 Å². The molecule has 1 unspecified atom stereocenters. The van der Waals surface area contributed by atoms with E-state index in [1.165, 1.54) is 11.3 Å². The molecule has 2 nitrogen and oxygen atoms in total. The lowest BCUT2D eigenvalue weighted by atomic mass is 10.3. The summed E-state index contributed by atoms with van der Waals surface area (Å²) in [5.41, 5.74) is 6.07. The maximum Gasteiger partial charge on any atom is 0.144 e. The second-order valence-electron chi connectivity index (χ2n) is 3.44.